The SMILES string of the molecule is N/C(=N/O)C1(NC(=O)c2ccc(=O)[nH]n2)CCCCCC1. The number of carbonyl (C=O) groups excluding carboxylic acids is 1. The highest BCUT2D eigenvalue weighted by Crippen LogP contribution is 2.27. The van der Waals surface area contributed by atoms with Gasteiger partial charge in [-0.15, -0.1) is 0 Å². The standard InChI is InChI=1S/C13H19N5O3/c14-12(18-21)13(7-3-1-2-4-8-13)15-11(20)9-5-6-10(19)17-16-9/h5-6,21H,1-4,7-8H2,(H2,14,18)(H,15,20)(H,17,19). The molecule has 1 heterocycles. The minimum atomic E-state index is -0.861. The molecule has 0 radical (unpaired) electrons. The van der Waals surface area contributed by atoms with Crippen molar-refractivity contribution >= 4 is 11.7 Å². The van der Waals surface area contributed by atoms with E-state index in [2.05, 4.69) is 20.7 Å². The van der Waals surface area contributed by atoms with E-state index in [-0.39, 0.29) is 17.1 Å². The van der Waals surface area contributed by atoms with Gasteiger partial charge in [0.2, 0.25) is 0 Å². The summed E-state index contributed by atoms with van der Waals surface area (Å²) in [4.78, 5) is 23.2. The molecule has 0 bridgehead atoms. The minimum absolute atomic E-state index is 0.00201. The molecule has 0 aliphatic heterocycles. The Morgan fingerprint density at radius 2 is 2.00 bits per heavy atom. The number of nitrogens with one attached hydrogen (secondary N) is 2. The van der Waals surface area contributed by atoms with E-state index >= 15 is 0 Å². The van der Waals surface area contributed by atoms with Gasteiger partial charge in [-0.1, -0.05) is 30.8 Å². The summed E-state index contributed by atoms with van der Waals surface area (Å²) < 4.78 is 0. The number of aromatic nitrogens is 2. The van der Waals surface area contributed by atoms with Gasteiger partial charge < -0.3 is 16.3 Å². The Kier molecular flexibility index (Phi) is 4.56. The van der Waals surface area contributed by atoms with Gasteiger partial charge in [0.15, 0.2) is 5.84 Å². The normalized spacial score (nSPS) is 18.8. The highest BCUT2D eigenvalue weighted by molar-refractivity contribution is 5.99. The van der Waals surface area contributed by atoms with Crippen molar-refractivity contribution in [3.05, 3.63) is 28.2 Å². The molecule has 21 heavy (non-hydrogen) atoms. The molecule has 0 unspecified atom stereocenters. The van der Waals surface area contributed by atoms with E-state index in [1.165, 1.54) is 12.1 Å². The van der Waals surface area contributed by atoms with Crippen LogP contribution < -0.4 is 16.6 Å². The lowest BCUT2D eigenvalue weighted by Crippen LogP contribution is -2.57. The Hall–Kier alpha value is -2.38. The third-order valence-corrected chi connectivity index (χ3v) is 3.82. The Labute approximate surface area is 121 Å². The fourth-order valence-corrected chi connectivity index (χ4v) is 2.63. The second kappa shape index (κ2) is 6.38. The molecule has 8 nitrogen and oxygen atoms in total. The van der Waals surface area contributed by atoms with Gasteiger partial charge in [0.1, 0.15) is 11.2 Å². The quantitative estimate of drug-likeness (QED) is 0.210. The minimum Gasteiger partial charge on any atom is -0.409 e. The van der Waals surface area contributed by atoms with Crippen LogP contribution in [0.3, 0.4) is 0 Å². The van der Waals surface area contributed by atoms with Crippen LogP contribution in [0.25, 0.3) is 0 Å². The largest absolute Gasteiger partial charge is 0.409 e. The van der Waals surface area contributed by atoms with Crippen molar-refractivity contribution in [3.63, 3.8) is 0 Å². The summed E-state index contributed by atoms with van der Waals surface area (Å²) in [5.41, 5.74) is 4.65. The molecule has 1 saturated carbocycles. The van der Waals surface area contributed by atoms with Gasteiger partial charge in [0, 0.05) is 6.07 Å². The first-order valence-electron chi connectivity index (χ1n) is 6.94. The maximum atomic E-state index is 12.3. The molecular formula is C13H19N5O3. The summed E-state index contributed by atoms with van der Waals surface area (Å²) >= 11 is 0. The highest BCUT2D eigenvalue weighted by Gasteiger charge is 2.37. The summed E-state index contributed by atoms with van der Waals surface area (Å²) in [6.07, 6.45) is 5.08. The summed E-state index contributed by atoms with van der Waals surface area (Å²) in [5.74, 6) is -0.457. The second-order valence-electron chi connectivity index (χ2n) is 5.24. The average molecular weight is 293 g/mol. The summed E-state index contributed by atoms with van der Waals surface area (Å²) in [7, 11) is 0. The molecule has 1 aliphatic carbocycles. The summed E-state index contributed by atoms with van der Waals surface area (Å²) in [5, 5.41) is 20.8. The van der Waals surface area contributed by atoms with Crippen LogP contribution in [-0.4, -0.2) is 32.7 Å². The lowest BCUT2D eigenvalue weighted by Gasteiger charge is -2.32. The molecular weight excluding hydrogens is 274 g/mol. The number of aromatic amines is 1. The van der Waals surface area contributed by atoms with Crippen molar-refractivity contribution in [1.29, 1.82) is 0 Å². The zero-order valence-electron chi connectivity index (χ0n) is 11.6. The number of oxime groups is 1. The van der Waals surface area contributed by atoms with E-state index < -0.39 is 11.4 Å². The maximum absolute atomic E-state index is 12.3. The predicted molar refractivity (Wildman–Crippen MR) is 76.2 cm³/mol. The number of nitrogens with zero attached hydrogens (tertiary/aromatic N) is 2. The highest BCUT2D eigenvalue weighted by atomic mass is 16.4. The van der Waals surface area contributed by atoms with Crippen molar-refractivity contribution in [1.82, 2.24) is 15.5 Å². The molecule has 0 spiro atoms. The number of carbonyl (C=O) groups is 1. The van der Waals surface area contributed by atoms with E-state index in [1.807, 2.05) is 0 Å². The van der Waals surface area contributed by atoms with Gasteiger partial charge in [0.05, 0.1) is 0 Å². The van der Waals surface area contributed by atoms with Crippen molar-refractivity contribution in [2.75, 3.05) is 0 Å². The molecule has 8 heteroatoms. The maximum Gasteiger partial charge on any atom is 0.272 e. The van der Waals surface area contributed by atoms with E-state index in [0.717, 1.165) is 25.7 Å². The zero-order chi connectivity index (χ0) is 15.3. The van der Waals surface area contributed by atoms with Gasteiger partial charge in [-0.25, -0.2) is 5.10 Å². The van der Waals surface area contributed by atoms with E-state index in [0.29, 0.717) is 12.8 Å². The van der Waals surface area contributed by atoms with Crippen molar-refractivity contribution in [3.8, 4) is 0 Å². The fourth-order valence-electron chi connectivity index (χ4n) is 2.63. The topological polar surface area (TPSA) is 133 Å². The molecule has 1 aromatic heterocycles. The van der Waals surface area contributed by atoms with Crippen molar-refractivity contribution in [2.24, 2.45) is 10.9 Å². The fraction of sp³-hybridized carbons (Fsp3) is 0.538. The molecule has 1 fully saturated rings. The van der Waals surface area contributed by atoms with Gasteiger partial charge >= 0.3 is 0 Å². The number of hydrogen-bond acceptors (Lipinski definition) is 5. The van der Waals surface area contributed by atoms with E-state index in [9.17, 15) is 9.59 Å². The zero-order valence-corrected chi connectivity index (χ0v) is 11.6. The van der Waals surface area contributed by atoms with Crippen LogP contribution in [0.15, 0.2) is 22.1 Å². The van der Waals surface area contributed by atoms with Crippen LogP contribution in [-0.2, 0) is 0 Å². The lowest BCUT2D eigenvalue weighted by molar-refractivity contribution is 0.0909. The van der Waals surface area contributed by atoms with Gasteiger partial charge in [-0.3, -0.25) is 9.59 Å². The third kappa shape index (κ3) is 3.39. The van der Waals surface area contributed by atoms with Crippen molar-refractivity contribution in [2.45, 2.75) is 44.1 Å². The number of nitrogens with two attached hydrogens (primary N) is 1. The smallest absolute Gasteiger partial charge is 0.272 e. The molecule has 0 atom stereocenters. The first-order chi connectivity index (χ1) is 10.1. The van der Waals surface area contributed by atoms with E-state index in [1.54, 1.807) is 0 Å². The van der Waals surface area contributed by atoms with Crippen LogP contribution in [0.5, 0.6) is 0 Å². The van der Waals surface area contributed by atoms with Crippen LogP contribution >= 0.6 is 0 Å². The molecule has 114 valence electrons. The first-order valence-corrected chi connectivity index (χ1v) is 6.94. The van der Waals surface area contributed by atoms with Gasteiger partial charge in [-0.2, -0.15) is 5.10 Å². The van der Waals surface area contributed by atoms with Crippen LogP contribution in [0.1, 0.15) is 49.0 Å². The molecule has 5 N–H and O–H groups in total. The molecule has 1 aliphatic rings. The Balaban J connectivity index is 2.24. The molecule has 0 aromatic carbocycles. The Bertz CT molecular complexity index is 567. The molecule has 0 saturated heterocycles. The third-order valence-electron chi connectivity index (χ3n) is 3.82. The lowest BCUT2D eigenvalue weighted by atomic mass is 9.88. The van der Waals surface area contributed by atoms with Gasteiger partial charge in [0.25, 0.3) is 11.5 Å². The first kappa shape index (κ1) is 15.0. The molecule has 2 rings (SSSR count). The number of amidine groups is 1. The monoisotopic (exact) mass is 293 g/mol. The molecule has 1 aromatic rings. The Morgan fingerprint density at radius 1 is 1.33 bits per heavy atom. The summed E-state index contributed by atoms with van der Waals surface area (Å²) in [6.45, 7) is 0. The number of rotatable bonds is 3. The second-order valence-corrected chi connectivity index (χ2v) is 5.24. The average Bonchev–Trinajstić information content (AvgIpc) is 2.73. The van der Waals surface area contributed by atoms with Crippen LogP contribution in [0.4, 0.5) is 0 Å². The van der Waals surface area contributed by atoms with Crippen LogP contribution in [0.2, 0.25) is 0 Å². The predicted octanol–water partition coefficient (Wildman–Crippen LogP) is 0.339. The van der Waals surface area contributed by atoms with Gasteiger partial charge in [-0.05, 0) is 18.9 Å². The van der Waals surface area contributed by atoms with Crippen molar-refractivity contribution < 1.29 is 10.0 Å². The number of amides is 1. The number of hydrogen-bond donors (Lipinski definition) is 4. The Morgan fingerprint density at radius 3 is 2.52 bits per heavy atom. The van der Waals surface area contributed by atoms with E-state index in [4.69, 9.17) is 10.9 Å². The molecule has 1 amide bonds. The van der Waals surface area contributed by atoms with Crippen LogP contribution in [0, 0.1) is 0 Å². The summed E-state index contributed by atoms with van der Waals surface area (Å²) in [6, 6.07) is 2.57. The number of H-pyrrole nitrogens is 1.